The van der Waals surface area contributed by atoms with Crippen LogP contribution in [0, 0.1) is 11.8 Å². The fraction of sp³-hybridized carbons (Fsp3) is 0.560. The molecule has 172 valence electrons. The lowest BCUT2D eigenvalue weighted by atomic mass is 9.65. The number of nitrogens with one attached hydrogen (secondary N) is 1. The number of amides is 1. The predicted octanol–water partition coefficient (Wildman–Crippen LogP) is 3.05. The summed E-state index contributed by atoms with van der Waals surface area (Å²) in [6.45, 7) is 4.45. The third kappa shape index (κ3) is 3.34. The summed E-state index contributed by atoms with van der Waals surface area (Å²) < 4.78 is 10.4. The van der Waals surface area contributed by atoms with Gasteiger partial charge in [0.2, 0.25) is 5.91 Å². The molecule has 0 aliphatic carbocycles. The number of anilines is 1. The van der Waals surface area contributed by atoms with Crippen molar-refractivity contribution in [3.05, 3.63) is 41.7 Å². The number of piperidine rings is 1. The molecule has 2 fully saturated rings. The standard InChI is InChI=1S/C25H32N2O5/c1-5-16-17(18(14-31-3)23(29)32-4)13-22-25(10-11-27(22)21(16)12-15(2)28)19-8-6-7-9-20(19)26-24(25)30/h6-9,14,16-17,21-22H,5,10-13H2,1-4H3,(H,26,30)/t16-,17+,21+,22+,25+/m1/s1. The van der Waals surface area contributed by atoms with Crippen LogP contribution in [-0.4, -0.2) is 55.4 Å². The highest BCUT2D eigenvalue weighted by Gasteiger charge is 2.62. The van der Waals surface area contributed by atoms with Gasteiger partial charge in [-0.15, -0.1) is 0 Å². The third-order valence-electron chi connectivity index (χ3n) is 7.74. The molecule has 5 atom stereocenters. The van der Waals surface area contributed by atoms with Crippen molar-refractivity contribution in [2.75, 3.05) is 26.1 Å². The third-order valence-corrected chi connectivity index (χ3v) is 7.74. The van der Waals surface area contributed by atoms with Crippen molar-refractivity contribution in [3.63, 3.8) is 0 Å². The number of carbonyl (C=O) groups is 3. The number of methoxy groups -OCH3 is 2. The van der Waals surface area contributed by atoms with E-state index in [1.165, 1.54) is 20.5 Å². The second-order valence-corrected chi connectivity index (χ2v) is 9.16. The summed E-state index contributed by atoms with van der Waals surface area (Å²) in [4.78, 5) is 40.8. The summed E-state index contributed by atoms with van der Waals surface area (Å²) in [6.07, 6.45) is 3.99. The Morgan fingerprint density at radius 2 is 2.03 bits per heavy atom. The highest BCUT2D eigenvalue weighted by Crippen LogP contribution is 2.55. The minimum atomic E-state index is -0.684. The fourth-order valence-electron chi connectivity index (χ4n) is 6.50. The van der Waals surface area contributed by atoms with Crippen LogP contribution in [0.15, 0.2) is 36.1 Å². The Hall–Kier alpha value is -2.67. The van der Waals surface area contributed by atoms with E-state index in [0.29, 0.717) is 24.8 Å². The summed E-state index contributed by atoms with van der Waals surface area (Å²) >= 11 is 0. The Bertz CT molecular complexity index is 957. The number of rotatable bonds is 6. The number of carbonyl (C=O) groups excluding carboxylic acids is 3. The molecule has 0 saturated carbocycles. The van der Waals surface area contributed by atoms with Crippen molar-refractivity contribution >= 4 is 23.3 Å². The fourth-order valence-corrected chi connectivity index (χ4v) is 6.50. The molecule has 7 heteroatoms. The SMILES string of the molecule is CC[C@@H]1[C@@H](C(=COC)C(=O)OC)C[C@@H]2N(CC[C@@]23C(=O)Nc2ccccc23)[C@H]1CC(C)=O. The Morgan fingerprint density at radius 3 is 2.69 bits per heavy atom. The number of fused-ring (bicyclic) bond motifs is 4. The summed E-state index contributed by atoms with van der Waals surface area (Å²) in [6, 6.07) is 7.70. The van der Waals surface area contributed by atoms with Gasteiger partial charge >= 0.3 is 5.97 Å². The number of para-hydroxylation sites is 1. The van der Waals surface area contributed by atoms with E-state index in [-0.39, 0.29) is 35.6 Å². The predicted molar refractivity (Wildman–Crippen MR) is 120 cm³/mol. The number of ketones is 1. The quantitative estimate of drug-likeness (QED) is 0.416. The smallest absolute Gasteiger partial charge is 0.337 e. The summed E-state index contributed by atoms with van der Waals surface area (Å²) in [5, 5.41) is 3.08. The maximum absolute atomic E-state index is 13.4. The number of ether oxygens (including phenoxy) is 2. The molecule has 3 aliphatic rings. The van der Waals surface area contributed by atoms with Gasteiger partial charge in [0.15, 0.2) is 0 Å². The second-order valence-electron chi connectivity index (χ2n) is 9.16. The van der Waals surface area contributed by atoms with Gasteiger partial charge in [0.05, 0.1) is 31.5 Å². The van der Waals surface area contributed by atoms with E-state index in [1.54, 1.807) is 6.92 Å². The largest absolute Gasteiger partial charge is 0.504 e. The Kier molecular flexibility index (Phi) is 6.12. The number of hydrogen-bond acceptors (Lipinski definition) is 6. The van der Waals surface area contributed by atoms with Gasteiger partial charge in [-0.1, -0.05) is 31.5 Å². The van der Waals surface area contributed by atoms with Crippen molar-refractivity contribution in [1.29, 1.82) is 0 Å². The zero-order valence-corrected chi connectivity index (χ0v) is 19.2. The maximum atomic E-state index is 13.4. The molecular formula is C25H32N2O5. The number of esters is 1. The number of benzene rings is 1. The molecule has 32 heavy (non-hydrogen) atoms. The van der Waals surface area contributed by atoms with Crippen molar-refractivity contribution in [2.45, 2.75) is 57.0 Å². The van der Waals surface area contributed by atoms with Gasteiger partial charge in [0.25, 0.3) is 0 Å². The van der Waals surface area contributed by atoms with Crippen molar-refractivity contribution in [1.82, 2.24) is 4.90 Å². The molecular weight excluding hydrogens is 408 g/mol. The van der Waals surface area contributed by atoms with Crippen LogP contribution in [0.2, 0.25) is 0 Å². The minimum Gasteiger partial charge on any atom is -0.504 e. The molecule has 3 aliphatic heterocycles. The van der Waals surface area contributed by atoms with E-state index in [4.69, 9.17) is 9.47 Å². The normalized spacial score (nSPS) is 31.8. The van der Waals surface area contributed by atoms with E-state index in [1.807, 2.05) is 24.3 Å². The van der Waals surface area contributed by atoms with Gasteiger partial charge in [-0.25, -0.2) is 4.79 Å². The van der Waals surface area contributed by atoms with Gasteiger partial charge in [-0.05, 0) is 43.2 Å². The lowest BCUT2D eigenvalue weighted by Crippen LogP contribution is -2.58. The monoisotopic (exact) mass is 440 g/mol. The van der Waals surface area contributed by atoms with Crippen LogP contribution in [0.4, 0.5) is 5.69 Å². The van der Waals surface area contributed by atoms with E-state index >= 15 is 0 Å². The highest BCUT2D eigenvalue weighted by atomic mass is 16.5. The average Bonchev–Trinajstić information content (AvgIpc) is 3.30. The van der Waals surface area contributed by atoms with E-state index in [9.17, 15) is 14.4 Å². The van der Waals surface area contributed by atoms with E-state index < -0.39 is 11.4 Å². The summed E-state index contributed by atoms with van der Waals surface area (Å²) in [5.41, 5.74) is 1.67. The molecule has 0 radical (unpaired) electrons. The van der Waals surface area contributed by atoms with Crippen molar-refractivity contribution in [2.24, 2.45) is 11.8 Å². The first kappa shape index (κ1) is 22.5. The minimum absolute atomic E-state index is 0.0109. The van der Waals surface area contributed by atoms with Crippen molar-refractivity contribution < 1.29 is 23.9 Å². The second kappa shape index (κ2) is 8.70. The highest BCUT2D eigenvalue weighted by molar-refractivity contribution is 6.07. The summed E-state index contributed by atoms with van der Waals surface area (Å²) in [7, 11) is 2.89. The average molecular weight is 441 g/mol. The molecule has 2 saturated heterocycles. The molecule has 3 heterocycles. The van der Waals surface area contributed by atoms with Crippen LogP contribution in [0.5, 0.6) is 0 Å². The molecule has 1 aromatic carbocycles. The summed E-state index contributed by atoms with van der Waals surface area (Å²) in [5.74, 6) is -0.398. The molecule has 0 bridgehead atoms. The molecule has 1 N–H and O–H groups in total. The van der Waals surface area contributed by atoms with Crippen molar-refractivity contribution in [3.8, 4) is 0 Å². The lowest BCUT2D eigenvalue weighted by molar-refractivity contribution is -0.137. The number of hydrogen-bond donors (Lipinski definition) is 1. The van der Waals surface area contributed by atoms with Crippen LogP contribution >= 0.6 is 0 Å². The number of Topliss-reactive ketones (excluding diaryl/α,β-unsaturated/α-hetero) is 1. The zero-order chi connectivity index (χ0) is 23.0. The molecule has 4 rings (SSSR count). The van der Waals surface area contributed by atoms with Gasteiger partial charge in [0.1, 0.15) is 5.78 Å². The zero-order valence-electron chi connectivity index (χ0n) is 19.2. The molecule has 1 amide bonds. The molecule has 1 aromatic rings. The molecule has 7 nitrogen and oxygen atoms in total. The van der Waals surface area contributed by atoms with Crippen LogP contribution in [-0.2, 0) is 29.3 Å². The van der Waals surface area contributed by atoms with Crippen LogP contribution in [0.1, 0.15) is 45.1 Å². The lowest BCUT2D eigenvalue weighted by Gasteiger charge is -2.50. The topological polar surface area (TPSA) is 84.9 Å². The first-order valence-corrected chi connectivity index (χ1v) is 11.4. The maximum Gasteiger partial charge on any atom is 0.337 e. The van der Waals surface area contributed by atoms with Gasteiger partial charge in [-0.2, -0.15) is 0 Å². The van der Waals surface area contributed by atoms with Crippen LogP contribution in [0.25, 0.3) is 0 Å². The van der Waals surface area contributed by atoms with E-state index in [2.05, 4.69) is 17.1 Å². The Balaban J connectivity index is 1.83. The van der Waals surface area contributed by atoms with Crippen LogP contribution in [0.3, 0.4) is 0 Å². The van der Waals surface area contributed by atoms with Gasteiger partial charge in [-0.3, -0.25) is 14.5 Å². The van der Waals surface area contributed by atoms with Gasteiger partial charge in [0, 0.05) is 30.7 Å². The Labute approximate surface area is 189 Å². The molecule has 0 unspecified atom stereocenters. The Morgan fingerprint density at radius 1 is 1.28 bits per heavy atom. The van der Waals surface area contributed by atoms with Crippen LogP contribution < -0.4 is 5.32 Å². The van der Waals surface area contributed by atoms with Gasteiger partial charge < -0.3 is 14.8 Å². The number of nitrogens with zero attached hydrogens (tertiary/aromatic N) is 1. The molecule has 1 spiro atoms. The first-order valence-electron chi connectivity index (χ1n) is 11.4. The van der Waals surface area contributed by atoms with E-state index in [0.717, 1.165) is 24.2 Å². The molecule has 0 aromatic heterocycles. The first-order chi connectivity index (χ1) is 15.4.